The average Bonchev–Trinajstić information content (AvgIpc) is 2.56. The number of benzene rings is 2. The second-order valence-electron chi connectivity index (χ2n) is 5.86. The lowest BCUT2D eigenvalue weighted by Crippen LogP contribution is -2.20. The number of nitrogens with zero attached hydrogens (tertiary/aromatic N) is 2. The van der Waals surface area contributed by atoms with Gasteiger partial charge >= 0.3 is 5.97 Å². The third-order valence-corrected chi connectivity index (χ3v) is 4.11. The molecule has 1 N–H and O–H groups in total. The van der Waals surface area contributed by atoms with Gasteiger partial charge in [-0.2, -0.15) is 4.98 Å². The first-order chi connectivity index (χ1) is 12.0. The number of carbonyl (C=O) groups is 1. The van der Waals surface area contributed by atoms with Gasteiger partial charge in [0.25, 0.3) is 5.56 Å². The maximum Gasteiger partial charge on any atom is 0.307 e. The summed E-state index contributed by atoms with van der Waals surface area (Å²) >= 11 is 0. The third-order valence-electron chi connectivity index (χ3n) is 4.11. The molecule has 0 saturated carbocycles. The van der Waals surface area contributed by atoms with Crippen LogP contribution in [0.2, 0.25) is 0 Å². The van der Waals surface area contributed by atoms with Crippen LogP contribution in [0.1, 0.15) is 17.1 Å². The van der Waals surface area contributed by atoms with Crippen molar-refractivity contribution >= 4 is 5.97 Å². The highest BCUT2D eigenvalue weighted by Crippen LogP contribution is 2.22. The molecule has 0 radical (unpaired) electrons. The minimum Gasteiger partial charge on any atom is -0.481 e. The summed E-state index contributed by atoms with van der Waals surface area (Å²) in [6, 6.07) is 16.7. The zero-order valence-corrected chi connectivity index (χ0v) is 14.1. The van der Waals surface area contributed by atoms with E-state index in [0.717, 1.165) is 22.5 Å². The molecule has 1 heterocycles. The van der Waals surface area contributed by atoms with Gasteiger partial charge in [0.1, 0.15) is 5.82 Å². The number of hydrogen-bond acceptors (Lipinski definition) is 3. The van der Waals surface area contributed by atoms with Crippen LogP contribution in [0.4, 0.5) is 0 Å². The van der Waals surface area contributed by atoms with Gasteiger partial charge < -0.3 is 9.67 Å². The number of aryl methyl sites for hydroxylation is 1. The van der Waals surface area contributed by atoms with E-state index in [2.05, 4.69) is 4.98 Å². The highest BCUT2D eigenvalue weighted by molar-refractivity contribution is 5.70. The quantitative estimate of drug-likeness (QED) is 0.795. The second kappa shape index (κ2) is 6.73. The zero-order valence-electron chi connectivity index (χ0n) is 14.1. The van der Waals surface area contributed by atoms with Gasteiger partial charge in [-0.25, -0.2) is 0 Å². The maximum absolute atomic E-state index is 12.4. The Labute approximate surface area is 145 Å². The monoisotopic (exact) mass is 334 g/mol. The summed E-state index contributed by atoms with van der Waals surface area (Å²) in [6.45, 7) is 3.68. The molecule has 5 nitrogen and oxygen atoms in total. The molecule has 1 aromatic heterocycles. The average molecular weight is 334 g/mol. The number of aromatic nitrogens is 2. The molecule has 25 heavy (non-hydrogen) atoms. The third kappa shape index (κ3) is 3.35. The highest BCUT2D eigenvalue weighted by atomic mass is 16.4. The van der Waals surface area contributed by atoms with Crippen LogP contribution in [0, 0.1) is 13.8 Å². The smallest absolute Gasteiger partial charge is 0.307 e. The number of rotatable bonds is 4. The van der Waals surface area contributed by atoms with E-state index < -0.39 is 5.97 Å². The first-order valence-corrected chi connectivity index (χ1v) is 7.94. The second-order valence-corrected chi connectivity index (χ2v) is 5.86. The summed E-state index contributed by atoms with van der Waals surface area (Å²) in [5, 5.41) is 8.88. The fraction of sp³-hybridized carbons (Fsp3) is 0.150. The Balaban J connectivity index is 2.14. The molecule has 0 spiro atoms. The molecule has 0 fully saturated rings. The molecule has 0 bridgehead atoms. The molecule has 0 saturated heterocycles. The molecule has 3 rings (SSSR count). The lowest BCUT2D eigenvalue weighted by molar-refractivity contribution is -0.136. The first-order valence-electron chi connectivity index (χ1n) is 7.94. The van der Waals surface area contributed by atoms with E-state index in [1.165, 1.54) is 0 Å². The summed E-state index contributed by atoms with van der Waals surface area (Å²) < 4.78 is 1.91. The van der Waals surface area contributed by atoms with E-state index in [1.807, 2.05) is 54.0 Å². The maximum atomic E-state index is 12.4. The van der Waals surface area contributed by atoms with Crippen LogP contribution >= 0.6 is 0 Å². The Kier molecular flexibility index (Phi) is 4.48. The van der Waals surface area contributed by atoms with Crippen molar-refractivity contribution in [2.24, 2.45) is 0 Å². The summed E-state index contributed by atoms with van der Waals surface area (Å²) in [7, 11) is 0. The first kappa shape index (κ1) is 16.6. The molecular formula is C20H18N2O3. The summed E-state index contributed by atoms with van der Waals surface area (Å²) in [5.74, 6) is -0.273. The van der Waals surface area contributed by atoms with Gasteiger partial charge in [-0.15, -0.1) is 0 Å². The van der Waals surface area contributed by atoms with Crippen LogP contribution in [-0.4, -0.2) is 20.6 Å². The van der Waals surface area contributed by atoms with Crippen molar-refractivity contribution in [1.82, 2.24) is 9.55 Å². The predicted molar refractivity (Wildman–Crippen MR) is 96.1 cm³/mol. The van der Waals surface area contributed by atoms with Gasteiger partial charge in [-0.3, -0.25) is 9.59 Å². The molecule has 0 aliphatic carbocycles. The van der Waals surface area contributed by atoms with E-state index >= 15 is 0 Å². The van der Waals surface area contributed by atoms with Gasteiger partial charge in [0.15, 0.2) is 0 Å². The molecular weight excluding hydrogens is 316 g/mol. The van der Waals surface area contributed by atoms with Gasteiger partial charge in [-0.05, 0) is 37.1 Å². The van der Waals surface area contributed by atoms with E-state index in [0.29, 0.717) is 11.4 Å². The van der Waals surface area contributed by atoms with Gasteiger partial charge in [0.05, 0.1) is 12.0 Å². The van der Waals surface area contributed by atoms with Gasteiger partial charge in [0.2, 0.25) is 0 Å². The van der Waals surface area contributed by atoms with Crippen molar-refractivity contribution < 1.29 is 9.90 Å². The van der Waals surface area contributed by atoms with Crippen molar-refractivity contribution in [1.29, 1.82) is 0 Å². The van der Waals surface area contributed by atoms with Crippen LogP contribution < -0.4 is 5.56 Å². The molecule has 3 aromatic rings. The summed E-state index contributed by atoms with van der Waals surface area (Å²) in [4.78, 5) is 27.4. The molecule has 0 amide bonds. The molecule has 5 heteroatoms. The van der Waals surface area contributed by atoms with Crippen molar-refractivity contribution in [3.8, 4) is 16.8 Å². The molecule has 0 aliphatic rings. The number of carboxylic acids is 1. The molecule has 0 aliphatic heterocycles. The van der Waals surface area contributed by atoms with E-state index in [-0.39, 0.29) is 12.0 Å². The Morgan fingerprint density at radius 3 is 2.28 bits per heavy atom. The standard InChI is InChI=1S/C20H18N2O3/c1-13-19(16-6-4-3-5-7-16)20(25)21-14(2)22(13)17-10-8-15(9-11-17)12-18(23)24/h3-11H,12H2,1-2H3,(H,23,24). The van der Waals surface area contributed by atoms with Crippen LogP contribution in [0.3, 0.4) is 0 Å². The van der Waals surface area contributed by atoms with E-state index in [1.54, 1.807) is 19.1 Å². The fourth-order valence-corrected chi connectivity index (χ4v) is 3.02. The minimum atomic E-state index is -0.864. The predicted octanol–water partition coefficient (Wildman–Crippen LogP) is 3.14. The topological polar surface area (TPSA) is 72.2 Å². The Morgan fingerprint density at radius 1 is 1.04 bits per heavy atom. The SMILES string of the molecule is Cc1nc(=O)c(-c2ccccc2)c(C)n1-c1ccc(CC(=O)O)cc1. The summed E-state index contributed by atoms with van der Waals surface area (Å²) in [5.41, 5.74) is 3.52. The van der Waals surface area contributed by atoms with Gasteiger partial charge in [0, 0.05) is 11.4 Å². The largest absolute Gasteiger partial charge is 0.481 e. The van der Waals surface area contributed by atoms with Crippen LogP contribution in [0.15, 0.2) is 59.4 Å². The zero-order chi connectivity index (χ0) is 18.0. The van der Waals surface area contributed by atoms with Crippen molar-refractivity contribution in [3.05, 3.63) is 82.0 Å². The van der Waals surface area contributed by atoms with E-state index in [4.69, 9.17) is 5.11 Å². The Bertz CT molecular complexity index is 974. The molecule has 126 valence electrons. The van der Waals surface area contributed by atoms with Gasteiger partial charge in [-0.1, -0.05) is 42.5 Å². The van der Waals surface area contributed by atoms with Crippen LogP contribution in [-0.2, 0) is 11.2 Å². The molecule has 0 unspecified atom stereocenters. The minimum absolute atomic E-state index is 0.0179. The number of hydrogen-bond donors (Lipinski definition) is 1. The lowest BCUT2D eigenvalue weighted by atomic mass is 10.1. The van der Waals surface area contributed by atoms with Crippen molar-refractivity contribution in [2.75, 3.05) is 0 Å². The number of carboxylic acid groups (broad SMARTS) is 1. The highest BCUT2D eigenvalue weighted by Gasteiger charge is 2.14. The van der Waals surface area contributed by atoms with E-state index in [9.17, 15) is 9.59 Å². The lowest BCUT2D eigenvalue weighted by Gasteiger charge is -2.17. The Morgan fingerprint density at radius 2 is 1.68 bits per heavy atom. The Hall–Kier alpha value is -3.21. The van der Waals surface area contributed by atoms with Crippen molar-refractivity contribution in [2.45, 2.75) is 20.3 Å². The van der Waals surface area contributed by atoms with Crippen LogP contribution in [0.25, 0.3) is 16.8 Å². The number of aliphatic carboxylic acids is 1. The van der Waals surface area contributed by atoms with Crippen molar-refractivity contribution in [3.63, 3.8) is 0 Å². The molecule has 0 atom stereocenters. The fourth-order valence-electron chi connectivity index (χ4n) is 3.02. The van der Waals surface area contributed by atoms with Crippen LogP contribution in [0.5, 0.6) is 0 Å². The summed E-state index contributed by atoms with van der Waals surface area (Å²) in [6.07, 6.45) is -0.0179. The normalized spacial score (nSPS) is 10.6. The molecule has 2 aromatic carbocycles.